The molecular weight excluding hydrogens is 243 g/mol. The number of nitrogens with zero attached hydrogens (tertiary/aromatic N) is 3. The molecule has 0 amide bonds. The standard InChI is InChI=1S/C14H19FN4/c1-9-5-6-11(15)10(7-9)13-18-17-12(8-16)19(13)14(2,3)4/h5-7H,8,16H2,1-4H3. The van der Waals surface area contributed by atoms with E-state index in [1.54, 1.807) is 12.1 Å². The average Bonchev–Trinajstić information content (AvgIpc) is 2.75. The first kappa shape index (κ1) is 13.7. The molecule has 1 aromatic heterocycles. The van der Waals surface area contributed by atoms with Crippen LogP contribution in [-0.4, -0.2) is 14.8 Å². The maximum absolute atomic E-state index is 14.0. The van der Waals surface area contributed by atoms with Crippen LogP contribution >= 0.6 is 0 Å². The van der Waals surface area contributed by atoms with Gasteiger partial charge in [-0.1, -0.05) is 11.6 Å². The molecule has 1 aromatic carbocycles. The summed E-state index contributed by atoms with van der Waals surface area (Å²) in [6, 6.07) is 4.97. The minimum absolute atomic E-state index is 0.260. The molecule has 0 fully saturated rings. The summed E-state index contributed by atoms with van der Waals surface area (Å²) in [5.74, 6) is 0.879. The number of benzene rings is 1. The maximum Gasteiger partial charge on any atom is 0.167 e. The molecule has 1 heterocycles. The van der Waals surface area contributed by atoms with E-state index < -0.39 is 0 Å². The van der Waals surface area contributed by atoms with Crippen LogP contribution in [0.4, 0.5) is 4.39 Å². The van der Waals surface area contributed by atoms with E-state index in [4.69, 9.17) is 5.73 Å². The van der Waals surface area contributed by atoms with Gasteiger partial charge in [0.05, 0.1) is 12.1 Å². The van der Waals surface area contributed by atoms with Gasteiger partial charge in [-0.25, -0.2) is 4.39 Å². The highest BCUT2D eigenvalue weighted by atomic mass is 19.1. The summed E-state index contributed by atoms with van der Waals surface area (Å²) in [5.41, 5.74) is 6.87. The van der Waals surface area contributed by atoms with Crippen molar-refractivity contribution in [3.8, 4) is 11.4 Å². The molecule has 0 saturated heterocycles. The first-order chi connectivity index (χ1) is 8.84. The van der Waals surface area contributed by atoms with Gasteiger partial charge in [0.1, 0.15) is 11.6 Å². The second kappa shape index (κ2) is 4.74. The second-order valence-electron chi connectivity index (χ2n) is 5.63. The van der Waals surface area contributed by atoms with E-state index in [1.165, 1.54) is 6.07 Å². The molecule has 0 saturated carbocycles. The number of aromatic nitrogens is 3. The van der Waals surface area contributed by atoms with E-state index in [0.717, 1.165) is 5.56 Å². The zero-order valence-corrected chi connectivity index (χ0v) is 11.7. The highest BCUT2D eigenvalue weighted by Gasteiger charge is 2.24. The van der Waals surface area contributed by atoms with Gasteiger partial charge in [-0.3, -0.25) is 0 Å². The monoisotopic (exact) mass is 262 g/mol. The van der Waals surface area contributed by atoms with Gasteiger partial charge in [0, 0.05) is 5.54 Å². The SMILES string of the molecule is Cc1ccc(F)c(-c2nnc(CN)n2C(C)(C)C)c1. The molecule has 102 valence electrons. The Balaban J connectivity index is 2.69. The number of nitrogens with two attached hydrogens (primary N) is 1. The molecule has 0 aliphatic heterocycles. The van der Waals surface area contributed by atoms with Crippen molar-refractivity contribution in [2.24, 2.45) is 5.73 Å². The molecule has 2 N–H and O–H groups in total. The highest BCUT2D eigenvalue weighted by Crippen LogP contribution is 2.28. The Morgan fingerprint density at radius 1 is 1.26 bits per heavy atom. The highest BCUT2D eigenvalue weighted by molar-refractivity contribution is 5.58. The van der Waals surface area contributed by atoms with Crippen molar-refractivity contribution in [3.05, 3.63) is 35.4 Å². The lowest BCUT2D eigenvalue weighted by molar-refractivity contribution is 0.386. The molecule has 0 radical (unpaired) electrons. The summed E-state index contributed by atoms with van der Waals surface area (Å²) in [7, 11) is 0. The first-order valence-corrected chi connectivity index (χ1v) is 6.26. The molecule has 19 heavy (non-hydrogen) atoms. The largest absolute Gasteiger partial charge is 0.324 e. The van der Waals surface area contributed by atoms with Crippen molar-refractivity contribution < 1.29 is 4.39 Å². The van der Waals surface area contributed by atoms with E-state index in [1.807, 2.05) is 32.3 Å². The van der Waals surface area contributed by atoms with Gasteiger partial charge in [0.25, 0.3) is 0 Å². The van der Waals surface area contributed by atoms with Crippen LogP contribution in [-0.2, 0) is 12.1 Å². The van der Waals surface area contributed by atoms with Gasteiger partial charge < -0.3 is 10.3 Å². The van der Waals surface area contributed by atoms with Crippen molar-refractivity contribution >= 4 is 0 Å². The van der Waals surface area contributed by atoms with Crippen LogP contribution in [0.3, 0.4) is 0 Å². The summed E-state index contributed by atoms with van der Waals surface area (Å²) in [4.78, 5) is 0. The fourth-order valence-electron chi connectivity index (χ4n) is 2.14. The average molecular weight is 262 g/mol. The minimum atomic E-state index is -0.299. The number of hydrogen-bond acceptors (Lipinski definition) is 3. The van der Waals surface area contributed by atoms with Gasteiger partial charge in [0.15, 0.2) is 5.82 Å². The molecule has 0 unspecified atom stereocenters. The van der Waals surface area contributed by atoms with Gasteiger partial charge >= 0.3 is 0 Å². The quantitative estimate of drug-likeness (QED) is 0.905. The van der Waals surface area contributed by atoms with Crippen molar-refractivity contribution in [1.29, 1.82) is 0 Å². The molecule has 0 aliphatic carbocycles. The van der Waals surface area contributed by atoms with Gasteiger partial charge in [0.2, 0.25) is 0 Å². The van der Waals surface area contributed by atoms with Crippen molar-refractivity contribution in [1.82, 2.24) is 14.8 Å². The van der Waals surface area contributed by atoms with E-state index in [9.17, 15) is 4.39 Å². The molecule has 2 rings (SSSR count). The van der Waals surface area contributed by atoms with Crippen LogP contribution in [0.1, 0.15) is 32.2 Å². The Morgan fingerprint density at radius 2 is 1.95 bits per heavy atom. The summed E-state index contributed by atoms with van der Waals surface area (Å²) in [6.07, 6.45) is 0. The Labute approximate surface area is 112 Å². The number of hydrogen-bond donors (Lipinski definition) is 1. The van der Waals surface area contributed by atoms with E-state index in [2.05, 4.69) is 10.2 Å². The van der Waals surface area contributed by atoms with Crippen molar-refractivity contribution in [2.45, 2.75) is 39.8 Å². The van der Waals surface area contributed by atoms with E-state index >= 15 is 0 Å². The smallest absolute Gasteiger partial charge is 0.167 e. The summed E-state index contributed by atoms with van der Waals surface area (Å²) < 4.78 is 15.9. The fourth-order valence-corrected chi connectivity index (χ4v) is 2.14. The Morgan fingerprint density at radius 3 is 2.53 bits per heavy atom. The van der Waals surface area contributed by atoms with Crippen LogP contribution in [0.15, 0.2) is 18.2 Å². The van der Waals surface area contributed by atoms with Crippen molar-refractivity contribution in [2.75, 3.05) is 0 Å². The molecule has 2 aromatic rings. The van der Waals surface area contributed by atoms with E-state index in [-0.39, 0.29) is 17.9 Å². The summed E-state index contributed by atoms with van der Waals surface area (Å²) in [5, 5.41) is 8.19. The third kappa shape index (κ3) is 2.51. The number of halogens is 1. The van der Waals surface area contributed by atoms with Crippen LogP contribution in [0.5, 0.6) is 0 Å². The molecule has 0 atom stereocenters. The summed E-state index contributed by atoms with van der Waals surface area (Å²) in [6.45, 7) is 8.26. The maximum atomic E-state index is 14.0. The molecule has 4 nitrogen and oxygen atoms in total. The molecular formula is C14H19FN4. The van der Waals surface area contributed by atoms with Gasteiger partial charge in [-0.05, 0) is 39.8 Å². The minimum Gasteiger partial charge on any atom is -0.324 e. The molecule has 0 bridgehead atoms. The first-order valence-electron chi connectivity index (χ1n) is 6.26. The zero-order valence-electron chi connectivity index (χ0n) is 11.7. The predicted octanol–water partition coefficient (Wildman–Crippen LogP) is 2.61. The molecule has 5 heteroatoms. The normalized spacial score (nSPS) is 11.9. The van der Waals surface area contributed by atoms with Crippen LogP contribution in [0.25, 0.3) is 11.4 Å². The molecule has 0 spiro atoms. The third-order valence-corrected chi connectivity index (χ3v) is 2.95. The lowest BCUT2D eigenvalue weighted by Crippen LogP contribution is -2.26. The summed E-state index contributed by atoms with van der Waals surface area (Å²) >= 11 is 0. The predicted molar refractivity (Wildman–Crippen MR) is 73.0 cm³/mol. The third-order valence-electron chi connectivity index (χ3n) is 2.95. The lowest BCUT2D eigenvalue weighted by atomic mass is 10.1. The van der Waals surface area contributed by atoms with Crippen LogP contribution in [0.2, 0.25) is 0 Å². The van der Waals surface area contributed by atoms with Gasteiger partial charge in [-0.15, -0.1) is 10.2 Å². The second-order valence-corrected chi connectivity index (χ2v) is 5.63. The van der Waals surface area contributed by atoms with Gasteiger partial charge in [-0.2, -0.15) is 0 Å². The zero-order chi connectivity index (χ0) is 14.2. The van der Waals surface area contributed by atoms with E-state index in [0.29, 0.717) is 17.2 Å². The number of rotatable bonds is 2. The Kier molecular flexibility index (Phi) is 3.41. The van der Waals surface area contributed by atoms with Crippen LogP contribution < -0.4 is 5.73 Å². The van der Waals surface area contributed by atoms with Crippen LogP contribution in [0, 0.1) is 12.7 Å². The topological polar surface area (TPSA) is 56.7 Å². The molecule has 0 aliphatic rings. The Hall–Kier alpha value is -1.75. The van der Waals surface area contributed by atoms with Crippen molar-refractivity contribution in [3.63, 3.8) is 0 Å². The lowest BCUT2D eigenvalue weighted by Gasteiger charge is -2.25. The fraction of sp³-hybridized carbons (Fsp3) is 0.429. The Bertz CT molecular complexity index is 596. The number of aryl methyl sites for hydroxylation is 1.